The van der Waals surface area contributed by atoms with Crippen molar-refractivity contribution >= 4 is 0 Å². The molecule has 4 rings (SSSR count). The quantitative estimate of drug-likeness (QED) is 0.495. The van der Waals surface area contributed by atoms with E-state index in [0.717, 1.165) is 11.8 Å². The lowest BCUT2D eigenvalue weighted by atomic mass is 9.95. The Kier molecular flexibility index (Phi) is 5.11. The normalized spacial score (nSPS) is 19.4. The average molecular weight is 357 g/mol. The van der Waals surface area contributed by atoms with Gasteiger partial charge < -0.3 is 0 Å². The van der Waals surface area contributed by atoms with E-state index >= 15 is 0 Å². The van der Waals surface area contributed by atoms with Crippen LogP contribution in [-0.4, -0.2) is 0 Å². The highest BCUT2D eigenvalue weighted by Gasteiger charge is 2.21. The summed E-state index contributed by atoms with van der Waals surface area (Å²) >= 11 is 0. The highest BCUT2D eigenvalue weighted by molar-refractivity contribution is 5.66. The number of aromatic nitrogens is 1. The number of pyridine rings is 1. The Morgan fingerprint density at radius 3 is 2.30 bits per heavy atom. The van der Waals surface area contributed by atoms with Crippen molar-refractivity contribution in [3.8, 4) is 22.4 Å². The van der Waals surface area contributed by atoms with Crippen LogP contribution in [0.15, 0.2) is 66.9 Å². The number of benzene rings is 2. The molecule has 1 aromatic heterocycles. The molecule has 2 atom stereocenters. The summed E-state index contributed by atoms with van der Waals surface area (Å²) in [6.45, 7) is 4.57. The summed E-state index contributed by atoms with van der Waals surface area (Å²) in [5.74, 6) is 1.80. The topological polar surface area (TPSA) is 3.88 Å². The van der Waals surface area contributed by atoms with Crippen LogP contribution in [-0.2, 0) is 13.5 Å². The molecule has 2 unspecified atom stereocenters. The lowest BCUT2D eigenvalue weighted by Gasteiger charge is -2.10. The summed E-state index contributed by atoms with van der Waals surface area (Å²) in [5, 5.41) is 0. The highest BCUT2D eigenvalue weighted by Crippen LogP contribution is 2.33. The molecule has 0 radical (unpaired) electrons. The summed E-state index contributed by atoms with van der Waals surface area (Å²) in [4.78, 5) is 0. The fraction of sp³-hybridized carbons (Fsp3) is 0.346. The van der Waals surface area contributed by atoms with E-state index in [1.54, 1.807) is 0 Å². The molecule has 27 heavy (non-hydrogen) atoms. The van der Waals surface area contributed by atoms with Gasteiger partial charge >= 0.3 is 0 Å². The van der Waals surface area contributed by atoms with Crippen molar-refractivity contribution < 1.29 is 4.57 Å². The zero-order valence-corrected chi connectivity index (χ0v) is 16.8. The highest BCUT2D eigenvalue weighted by atomic mass is 14.9. The molecule has 0 spiro atoms. The maximum absolute atomic E-state index is 2.39. The van der Waals surface area contributed by atoms with Crippen molar-refractivity contribution in [2.24, 2.45) is 18.9 Å². The van der Waals surface area contributed by atoms with Crippen LogP contribution in [0, 0.1) is 18.8 Å². The zero-order valence-electron chi connectivity index (χ0n) is 16.8. The van der Waals surface area contributed by atoms with Crippen LogP contribution in [0.5, 0.6) is 0 Å². The summed E-state index contributed by atoms with van der Waals surface area (Å²) in [6, 6.07) is 22.3. The van der Waals surface area contributed by atoms with Gasteiger partial charge in [-0.2, -0.15) is 0 Å². The number of hydrogen-bond acceptors (Lipinski definition) is 0. The molecule has 3 aromatic rings. The summed E-state index contributed by atoms with van der Waals surface area (Å²) in [6.07, 6.45) is 7.70. The minimum absolute atomic E-state index is 0.886. The van der Waals surface area contributed by atoms with Crippen LogP contribution in [0.3, 0.4) is 0 Å². The Balaban J connectivity index is 1.53. The first-order chi connectivity index (χ1) is 13.1. The summed E-state index contributed by atoms with van der Waals surface area (Å²) < 4.78 is 2.24. The van der Waals surface area contributed by atoms with E-state index in [1.807, 2.05) is 0 Å². The molecule has 1 aliphatic carbocycles. The van der Waals surface area contributed by atoms with Crippen molar-refractivity contribution in [1.29, 1.82) is 0 Å². The Bertz CT molecular complexity index is 923. The Hall–Kier alpha value is -2.41. The molecule has 2 aromatic carbocycles. The first-order valence-electron chi connectivity index (χ1n) is 10.2. The first-order valence-corrected chi connectivity index (χ1v) is 10.2. The lowest BCUT2D eigenvalue weighted by Crippen LogP contribution is -2.30. The predicted molar refractivity (Wildman–Crippen MR) is 113 cm³/mol. The second-order valence-corrected chi connectivity index (χ2v) is 8.41. The van der Waals surface area contributed by atoms with E-state index in [4.69, 9.17) is 0 Å². The van der Waals surface area contributed by atoms with Gasteiger partial charge in [0.05, 0.1) is 0 Å². The van der Waals surface area contributed by atoms with Gasteiger partial charge in [-0.1, -0.05) is 55.8 Å². The van der Waals surface area contributed by atoms with Gasteiger partial charge in [-0.3, -0.25) is 0 Å². The van der Waals surface area contributed by atoms with Crippen molar-refractivity contribution in [3.05, 3.63) is 78.0 Å². The first kappa shape index (κ1) is 18.0. The monoisotopic (exact) mass is 356 g/mol. The van der Waals surface area contributed by atoms with Gasteiger partial charge in [-0.05, 0) is 66.8 Å². The van der Waals surface area contributed by atoms with Gasteiger partial charge in [0.2, 0.25) is 5.69 Å². The van der Waals surface area contributed by atoms with Gasteiger partial charge in [0, 0.05) is 17.2 Å². The van der Waals surface area contributed by atoms with Crippen LogP contribution in [0.1, 0.15) is 37.3 Å². The lowest BCUT2D eigenvalue weighted by molar-refractivity contribution is -0.659. The summed E-state index contributed by atoms with van der Waals surface area (Å²) in [5.41, 5.74) is 7.92. The second-order valence-electron chi connectivity index (χ2n) is 8.41. The average Bonchev–Trinajstić information content (AvgIpc) is 3.08. The fourth-order valence-electron chi connectivity index (χ4n) is 4.60. The molecule has 1 heteroatoms. The van der Waals surface area contributed by atoms with E-state index in [1.165, 1.54) is 59.2 Å². The smallest absolute Gasteiger partial charge is 0.200 e. The van der Waals surface area contributed by atoms with Crippen LogP contribution >= 0.6 is 0 Å². The zero-order chi connectivity index (χ0) is 18.8. The Labute approximate surface area is 163 Å². The molecule has 1 heterocycles. The maximum atomic E-state index is 2.39. The Morgan fingerprint density at radius 1 is 0.889 bits per heavy atom. The SMILES string of the molecule is Cc1ccccc1-c1ccc(-c2ccc(CC3CCC(C)C3)cc2)c[n+]1C. The minimum atomic E-state index is 0.886. The minimum Gasteiger partial charge on any atom is -0.200 e. The van der Waals surface area contributed by atoms with Gasteiger partial charge in [-0.15, -0.1) is 0 Å². The molecule has 1 nitrogen and oxygen atoms in total. The Morgan fingerprint density at radius 2 is 1.63 bits per heavy atom. The van der Waals surface area contributed by atoms with Crippen LogP contribution in [0.2, 0.25) is 0 Å². The van der Waals surface area contributed by atoms with Crippen LogP contribution in [0.4, 0.5) is 0 Å². The van der Waals surface area contributed by atoms with Gasteiger partial charge in [0.1, 0.15) is 7.05 Å². The largest absolute Gasteiger partial charge is 0.212 e. The molecule has 0 amide bonds. The third-order valence-electron chi connectivity index (χ3n) is 6.17. The van der Waals surface area contributed by atoms with Crippen molar-refractivity contribution in [3.63, 3.8) is 0 Å². The fourth-order valence-corrected chi connectivity index (χ4v) is 4.60. The van der Waals surface area contributed by atoms with E-state index in [9.17, 15) is 0 Å². The molecule has 1 aliphatic rings. The molecule has 0 bridgehead atoms. The van der Waals surface area contributed by atoms with E-state index < -0.39 is 0 Å². The third kappa shape index (κ3) is 3.98. The molecule has 0 N–H and O–H groups in total. The molecule has 1 fully saturated rings. The van der Waals surface area contributed by atoms with Crippen molar-refractivity contribution in [1.82, 2.24) is 0 Å². The number of hydrogen-bond donors (Lipinski definition) is 0. The summed E-state index contributed by atoms with van der Waals surface area (Å²) in [7, 11) is 2.14. The van der Waals surface area contributed by atoms with Crippen molar-refractivity contribution in [2.45, 2.75) is 39.5 Å². The van der Waals surface area contributed by atoms with E-state index in [2.05, 4.69) is 92.3 Å². The molecule has 1 saturated carbocycles. The molecular formula is C26H30N+. The third-order valence-corrected chi connectivity index (χ3v) is 6.17. The molecular weight excluding hydrogens is 326 g/mol. The molecule has 0 saturated heterocycles. The van der Waals surface area contributed by atoms with Gasteiger partial charge in [0.25, 0.3) is 0 Å². The van der Waals surface area contributed by atoms with Crippen LogP contribution in [0.25, 0.3) is 22.4 Å². The standard InChI is InChI=1S/C26H30N/c1-19-8-9-22(16-19)17-21-10-12-23(13-11-21)24-14-15-26(27(3)18-24)25-7-5-4-6-20(25)2/h4-7,10-15,18-19,22H,8-9,16-17H2,1-3H3/q+1. The van der Waals surface area contributed by atoms with Gasteiger partial charge in [-0.25, -0.2) is 4.57 Å². The predicted octanol–water partition coefficient (Wildman–Crippen LogP) is 6.13. The van der Waals surface area contributed by atoms with Crippen molar-refractivity contribution in [2.75, 3.05) is 0 Å². The molecule has 138 valence electrons. The van der Waals surface area contributed by atoms with Gasteiger partial charge in [0.15, 0.2) is 6.20 Å². The second kappa shape index (κ2) is 7.68. The van der Waals surface area contributed by atoms with Crippen LogP contribution < -0.4 is 4.57 Å². The molecule has 0 aliphatic heterocycles. The number of nitrogens with zero attached hydrogens (tertiary/aromatic N) is 1. The van der Waals surface area contributed by atoms with E-state index in [-0.39, 0.29) is 0 Å². The maximum Gasteiger partial charge on any atom is 0.212 e. The number of aryl methyl sites for hydroxylation is 2. The van der Waals surface area contributed by atoms with E-state index in [0.29, 0.717) is 0 Å². The number of rotatable bonds is 4.